The molecule has 0 unspecified atom stereocenters. The summed E-state index contributed by atoms with van der Waals surface area (Å²) in [6, 6.07) is 14.3. The lowest BCUT2D eigenvalue weighted by molar-refractivity contribution is -0.129. The van der Waals surface area contributed by atoms with Gasteiger partial charge in [-0.3, -0.25) is 9.69 Å². The van der Waals surface area contributed by atoms with Crippen LogP contribution in [0.5, 0.6) is 5.75 Å². The first-order valence-electron chi connectivity index (χ1n) is 9.53. The molecule has 2 aliphatic rings. The average Bonchev–Trinajstić information content (AvgIpc) is 2.74. The Morgan fingerprint density at radius 3 is 2.83 bits per heavy atom. The number of carbonyl (C=O) groups is 1. The van der Waals surface area contributed by atoms with Crippen LogP contribution in [0.3, 0.4) is 0 Å². The molecule has 2 aromatic carbocycles. The number of carbonyl (C=O) groups excluding carboxylic acids is 1. The Morgan fingerprint density at radius 2 is 2.10 bits per heavy atom. The maximum atomic E-state index is 14.5. The van der Waals surface area contributed by atoms with Gasteiger partial charge in [0.25, 0.3) is 0 Å². The van der Waals surface area contributed by atoms with Gasteiger partial charge in [-0.05, 0) is 31.2 Å². The first-order chi connectivity index (χ1) is 14.5. The van der Waals surface area contributed by atoms with Crippen molar-refractivity contribution in [2.45, 2.75) is 19.3 Å². The number of hydrogen-bond acceptors (Lipinski definition) is 5. The minimum atomic E-state index is -0.683. The highest BCUT2D eigenvalue weighted by Crippen LogP contribution is 2.46. The van der Waals surface area contributed by atoms with Gasteiger partial charge >= 0.3 is 0 Å². The molecule has 2 aromatic rings. The number of nitriles is 1. The summed E-state index contributed by atoms with van der Waals surface area (Å²) in [5, 5.41) is 10.7. The minimum absolute atomic E-state index is 0.00540. The monoisotopic (exact) mass is 443 g/mol. The molecule has 8 heteroatoms. The summed E-state index contributed by atoms with van der Waals surface area (Å²) in [6.45, 7) is 2.76. The smallest absolute Gasteiger partial charge is 0.229 e. The Balaban J connectivity index is 1.70. The summed E-state index contributed by atoms with van der Waals surface area (Å²) in [5.74, 6) is -0.0765. The first-order valence-corrected chi connectivity index (χ1v) is 10.9. The summed E-state index contributed by atoms with van der Waals surface area (Å²) in [4.78, 5) is 16.7. The molecule has 1 amide bonds. The van der Waals surface area contributed by atoms with Crippen molar-refractivity contribution in [1.29, 1.82) is 5.26 Å². The number of benzene rings is 2. The molecular weight excluding hydrogens is 425 g/mol. The molecule has 5 nitrogen and oxygen atoms in total. The van der Waals surface area contributed by atoms with E-state index < -0.39 is 11.7 Å². The molecule has 0 N–H and O–H groups in total. The molecular formula is C22H19ClFN3O2S. The fraction of sp³-hybridized carbons (Fsp3) is 0.273. The van der Waals surface area contributed by atoms with Gasteiger partial charge in [0.2, 0.25) is 5.91 Å². The molecule has 2 heterocycles. The number of allylic oxidation sites excluding steroid dienone is 1. The number of anilines is 1. The van der Waals surface area contributed by atoms with E-state index in [0.717, 1.165) is 11.4 Å². The van der Waals surface area contributed by atoms with Crippen LogP contribution >= 0.6 is 23.4 Å². The highest BCUT2D eigenvalue weighted by atomic mass is 35.5. The van der Waals surface area contributed by atoms with Crippen molar-refractivity contribution in [2.75, 3.05) is 24.1 Å². The van der Waals surface area contributed by atoms with Crippen molar-refractivity contribution in [3.63, 3.8) is 0 Å². The zero-order valence-electron chi connectivity index (χ0n) is 16.3. The highest BCUT2D eigenvalue weighted by Gasteiger charge is 2.40. The Kier molecular flexibility index (Phi) is 5.89. The lowest BCUT2D eigenvalue weighted by Gasteiger charge is -2.42. The summed E-state index contributed by atoms with van der Waals surface area (Å²) in [5.41, 5.74) is 1.47. The molecule has 1 atom stereocenters. The molecule has 4 rings (SSSR count). The van der Waals surface area contributed by atoms with Crippen LogP contribution in [0.2, 0.25) is 5.02 Å². The number of nitrogens with zero attached hydrogens (tertiary/aromatic N) is 3. The van der Waals surface area contributed by atoms with E-state index in [4.69, 9.17) is 16.3 Å². The van der Waals surface area contributed by atoms with Crippen molar-refractivity contribution < 1.29 is 13.9 Å². The van der Waals surface area contributed by atoms with Crippen LogP contribution < -0.4 is 9.64 Å². The lowest BCUT2D eigenvalue weighted by atomic mass is 9.86. The van der Waals surface area contributed by atoms with Crippen LogP contribution in [0.1, 0.15) is 24.8 Å². The minimum Gasteiger partial charge on any atom is -0.492 e. The van der Waals surface area contributed by atoms with Crippen molar-refractivity contribution >= 4 is 35.0 Å². The van der Waals surface area contributed by atoms with E-state index in [9.17, 15) is 14.4 Å². The number of amides is 1. The number of ether oxygens (including phenoxy) is 1. The van der Waals surface area contributed by atoms with Crippen LogP contribution in [0.25, 0.3) is 0 Å². The van der Waals surface area contributed by atoms with Gasteiger partial charge in [0, 0.05) is 22.9 Å². The van der Waals surface area contributed by atoms with Crippen molar-refractivity contribution in [3.8, 4) is 11.8 Å². The third-order valence-electron chi connectivity index (χ3n) is 5.15. The Labute approximate surface area is 183 Å². The molecule has 0 aromatic heterocycles. The predicted octanol–water partition coefficient (Wildman–Crippen LogP) is 5.10. The Hall–Kier alpha value is -2.69. The van der Waals surface area contributed by atoms with Crippen LogP contribution in [0.4, 0.5) is 10.1 Å². The van der Waals surface area contributed by atoms with E-state index in [1.165, 1.54) is 23.9 Å². The van der Waals surface area contributed by atoms with Crippen LogP contribution in [-0.2, 0) is 4.79 Å². The van der Waals surface area contributed by atoms with Gasteiger partial charge in [0.05, 0.1) is 41.5 Å². The van der Waals surface area contributed by atoms with E-state index in [-0.39, 0.29) is 22.9 Å². The van der Waals surface area contributed by atoms with Crippen LogP contribution in [0.15, 0.2) is 53.1 Å². The highest BCUT2D eigenvalue weighted by molar-refractivity contribution is 8.03. The van der Waals surface area contributed by atoms with Gasteiger partial charge in [-0.25, -0.2) is 4.39 Å². The average molecular weight is 444 g/mol. The molecule has 2 aliphatic heterocycles. The summed E-state index contributed by atoms with van der Waals surface area (Å²) >= 11 is 7.62. The second-order valence-electron chi connectivity index (χ2n) is 6.90. The quantitative estimate of drug-likeness (QED) is 0.658. The van der Waals surface area contributed by atoms with Crippen LogP contribution in [0, 0.1) is 17.1 Å². The fourth-order valence-electron chi connectivity index (χ4n) is 3.80. The van der Waals surface area contributed by atoms with Gasteiger partial charge < -0.3 is 9.64 Å². The van der Waals surface area contributed by atoms with Gasteiger partial charge in [-0.15, -0.1) is 0 Å². The summed E-state index contributed by atoms with van der Waals surface area (Å²) in [7, 11) is 0. The maximum absolute atomic E-state index is 14.5. The van der Waals surface area contributed by atoms with Crippen molar-refractivity contribution in [1.82, 2.24) is 4.90 Å². The topological polar surface area (TPSA) is 56.6 Å². The van der Waals surface area contributed by atoms with Crippen LogP contribution in [-0.4, -0.2) is 30.0 Å². The number of fused-ring (bicyclic) bond motifs is 1. The van der Waals surface area contributed by atoms with E-state index in [0.29, 0.717) is 29.8 Å². The molecule has 0 saturated carbocycles. The fourth-order valence-corrected chi connectivity index (χ4v) is 5.25. The van der Waals surface area contributed by atoms with Gasteiger partial charge in [-0.2, -0.15) is 5.26 Å². The number of para-hydroxylation sites is 2. The van der Waals surface area contributed by atoms with E-state index in [1.54, 1.807) is 11.0 Å². The third-order valence-corrected chi connectivity index (χ3v) is 6.63. The van der Waals surface area contributed by atoms with Gasteiger partial charge in [0.1, 0.15) is 11.6 Å². The molecule has 1 fully saturated rings. The van der Waals surface area contributed by atoms with Gasteiger partial charge in [0.15, 0.2) is 0 Å². The molecule has 30 heavy (non-hydrogen) atoms. The molecule has 0 bridgehead atoms. The Morgan fingerprint density at radius 1 is 1.30 bits per heavy atom. The molecule has 0 aliphatic carbocycles. The van der Waals surface area contributed by atoms with E-state index >= 15 is 0 Å². The number of halogens is 2. The molecule has 154 valence electrons. The largest absolute Gasteiger partial charge is 0.492 e. The first kappa shape index (κ1) is 20.6. The standard InChI is InChI=1S/C22H19ClFN3O2S/c1-2-29-19-9-4-3-8-18(19)26-12-27-20(28)10-14(15(11-25)22(27)30-13-26)21-16(23)6-5-7-17(21)24/h3-9,14H,2,10,12-13H2,1H3/t14-/m1/s1. The zero-order valence-corrected chi connectivity index (χ0v) is 17.8. The molecule has 1 saturated heterocycles. The second-order valence-corrected chi connectivity index (χ2v) is 8.24. The third kappa shape index (κ3) is 3.62. The van der Waals surface area contributed by atoms with E-state index in [2.05, 4.69) is 6.07 Å². The second kappa shape index (κ2) is 8.58. The Bertz CT molecular complexity index is 1050. The van der Waals surface area contributed by atoms with Crippen molar-refractivity contribution in [3.05, 3.63) is 69.5 Å². The maximum Gasteiger partial charge on any atom is 0.229 e. The normalized spacial score (nSPS) is 18.9. The van der Waals surface area contributed by atoms with Gasteiger partial charge in [-0.1, -0.05) is 41.6 Å². The summed E-state index contributed by atoms with van der Waals surface area (Å²) < 4.78 is 20.2. The molecule has 0 radical (unpaired) electrons. The van der Waals surface area contributed by atoms with Crippen molar-refractivity contribution in [2.24, 2.45) is 0 Å². The zero-order chi connectivity index (χ0) is 21.3. The van der Waals surface area contributed by atoms with E-state index in [1.807, 2.05) is 36.1 Å². The number of thioether (sulfide) groups is 1. The predicted molar refractivity (Wildman–Crippen MR) is 116 cm³/mol. The summed E-state index contributed by atoms with van der Waals surface area (Å²) in [6.07, 6.45) is -0.00540. The lowest BCUT2D eigenvalue weighted by Crippen LogP contribution is -2.47. The SMILES string of the molecule is CCOc1ccccc1N1CSC2=C(C#N)[C@H](c3c(F)cccc3Cl)CC(=O)N2C1. The number of rotatable bonds is 4. The number of hydrogen-bond donors (Lipinski definition) is 0. The molecule has 0 spiro atoms.